The molecule has 1 unspecified atom stereocenters. The third-order valence-corrected chi connectivity index (χ3v) is 4.28. The Bertz CT molecular complexity index is 903. The number of hydrogen-bond acceptors (Lipinski definition) is 7. The maximum atomic E-state index is 11.7. The number of ether oxygens (including phenoxy) is 2. The molecule has 0 aliphatic carbocycles. The van der Waals surface area contributed by atoms with E-state index in [1.807, 2.05) is 19.1 Å². The van der Waals surface area contributed by atoms with E-state index in [9.17, 15) is 4.79 Å². The monoisotopic (exact) mass is 346 g/mol. The Kier molecular flexibility index (Phi) is 4.92. The fourth-order valence-corrected chi connectivity index (χ4v) is 3.01. The molecule has 0 saturated carbocycles. The van der Waals surface area contributed by atoms with Crippen molar-refractivity contribution in [2.24, 2.45) is 0 Å². The van der Waals surface area contributed by atoms with Crippen molar-refractivity contribution >= 4 is 22.5 Å². The molecule has 2 aromatic heterocycles. The van der Waals surface area contributed by atoms with Crippen molar-refractivity contribution in [1.82, 2.24) is 9.36 Å². The summed E-state index contributed by atoms with van der Waals surface area (Å²) in [5, 5.41) is 1.34. The van der Waals surface area contributed by atoms with Gasteiger partial charge in [0, 0.05) is 36.2 Å². The second-order valence-corrected chi connectivity index (χ2v) is 6.11. The minimum atomic E-state index is -0.352. The summed E-state index contributed by atoms with van der Waals surface area (Å²) in [6.45, 7) is 3.94. The highest BCUT2D eigenvalue weighted by molar-refractivity contribution is 7.07. The predicted molar refractivity (Wildman–Crippen MR) is 91.9 cm³/mol. The summed E-state index contributed by atoms with van der Waals surface area (Å²) < 4.78 is 20.4. The van der Waals surface area contributed by atoms with E-state index in [0.717, 1.165) is 35.3 Å². The molecule has 7 heteroatoms. The lowest BCUT2D eigenvalue weighted by molar-refractivity contribution is 0.113. The Labute approximate surface area is 143 Å². The highest BCUT2D eigenvalue weighted by Crippen LogP contribution is 2.29. The van der Waals surface area contributed by atoms with Gasteiger partial charge < -0.3 is 13.9 Å². The zero-order valence-corrected chi connectivity index (χ0v) is 14.6. The van der Waals surface area contributed by atoms with E-state index in [-0.39, 0.29) is 11.7 Å². The van der Waals surface area contributed by atoms with Gasteiger partial charge in [0.05, 0.1) is 0 Å². The minimum absolute atomic E-state index is 0.190. The summed E-state index contributed by atoms with van der Waals surface area (Å²) in [4.78, 5) is 16.0. The van der Waals surface area contributed by atoms with Gasteiger partial charge in [0.1, 0.15) is 17.4 Å². The lowest BCUT2D eigenvalue weighted by Gasteiger charge is -2.06. The lowest BCUT2D eigenvalue weighted by atomic mass is 10.1. The quantitative estimate of drug-likeness (QED) is 0.626. The molecule has 1 atom stereocenters. The van der Waals surface area contributed by atoms with E-state index < -0.39 is 0 Å². The molecule has 2 heterocycles. The van der Waals surface area contributed by atoms with Gasteiger partial charge >= 0.3 is 5.63 Å². The van der Waals surface area contributed by atoms with Crippen LogP contribution < -0.4 is 10.4 Å². The van der Waals surface area contributed by atoms with E-state index in [2.05, 4.69) is 16.3 Å². The van der Waals surface area contributed by atoms with E-state index >= 15 is 0 Å². The zero-order valence-electron chi connectivity index (χ0n) is 13.7. The summed E-state index contributed by atoms with van der Waals surface area (Å²) in [6, 6.07) is 6.99. The maximum Gasteiger partial charge on any atom is 0.336 e. The Morgan fingerprint density at radius 2 is 2.17 bits per heavy atom. The molecule has 3 aromatic rings. The van der Waals surface area contributed by atoms with Crippen LogP contribution in [0.25, 0.3) is 11.0 Å². The van der Waals surface area contributed by atoms with E-state index in [1.54, 1.807) is 19.2 Å². The van der Waals surface area contributed by atoms with Crippen molar-refractivity contribution in [3.63, 3.8) is 0 Å². The van der Waals surface area contributed by atoms with E-state index in [0.29, 0.717) is 22.4 Å². The zero-order chi connectivity index (χ0) is 17.1. The van der Waals surface area contributed by atoms with E-state index in [1.165, 1.54) is 0 Å². The van der Waals surface area contributed by atoms with Crippen LogP contribution in [0, 0.1) is 0 Å². The van der Waals surface area contributed by atoms with Crippen LogP contribution in [0.2, 0.25) is 0 Å². The smallest absolute Gasteiger partial charge is 0.336 e. The average molecular weight is 346 g/mol. The first-order valence-electron chi connectivity index (χ1n) is 7.71. The lowest BCUT2D eigenvalue weighted by Crippen LogP contribution is -2.00. The number of nitrogens with zero attached hydrogens (tertiary/aromatic N) is 2. The van der Waals surface area contributed by atoms with Gasteiger partial charge in [-0.15, -0.1) is 0 Å². The molecule has 0 aliphatic heterocycles. The predicted octanol–water partition coefficient (Wildman–Crippen LogP) is 4.10. The number of methoxy groups -OCH3 is 1. The number of fused-ring (bicyclic) bond motifs is 1. The molecular formula is C17H18N2O4S. The fraction of sp³-hybridized carbons (Fsp3) is 0.353. The number of aromatic nitrogens is 2. The summed E-state index contributed by atoms with van der Waals surface area (Å²) in [5.41, 5.74) is 1.15. The van der Waals surface area contributed by atoms with Crippen LogP contribution in [0.1, 0.15) is 37.8 Å². The van der Waals surface area contributed by atoms with Crippen molar-refractivity contribution in [3.05, 3.63) is 46.1 Å². The topological polar surface area (TPSA) is 74.5 Å². The first kappa shape index (κ1) is 16.6. The molecule has 24 heavy (non-hydrogen) atoms. The van der Waals surface area contributed by atoms with Gasteiger partial charge in [-0.05, 0) is 31.0 Å². The highest BCUT2D eigenvalue weighted by Gasteiger charge is 2.13. The van der Waals surface area contributed by atoms with E-state index in [4.69, 9.17) is 13.9 Å². The molecule has 3 rings (SSSR count). The molecule has 0 saturated heterocycles. The second-order valence-electron chi connectivity index (χ2n) is 5.40. The van der Waals surface area contributed by atoms with Crippen molar-refractivity contribution in [2.45, 2.75) is 32.8 Å². The van der Waals surface area contributed by atoms with Crippen LogP contribution in [0.3, 0.4) is 0 Å². The van der Waals surface area contributed by atoms with Gasteiger partial charge in [0.15, 0.2) is 5.82 Å². The summed E-state index contributed by atoms with van der Waals surface area (Å²) >= 11 is 1.15. The largest absolute Gasteiger partial charge is 0.430 e. The molecule has 0 bridgehead atoms. The Morgan fingerprint density at radius 3 is 2.92 bits per heavy atom. The van der Waals surface area contributed by atoms with Gasteiger partial charge in [-0.25, -0.2) is 4.79 Å². The van der Waals surface area contributed by atoms with Gasteiger partial charge in [-0.1, -0.05) is 13.3 Å². The first-order chi connectivity index (χ1) is 11.6. The summed E-state index contributed by atoms with van der Waals surface area (Å²) in [7, 11) is 1.60. The van der Waals surface area contributed by atoms with Crippen LogP contribution in [-0.4, -0.2) is 16.5 Å². The average Bonchev–Trinajstić information content (AvgIpc) is 3.02. The number of aryl methyl sites for hydroxylation is 1. The van der Waals surface area contributed by atoms with Crippen molar-refractivity contribution in [1.29, 1.82) is 0 Å². The molecule has 0 N–H and O–H groups in total. The first-order valence-corrected chi connectivity index (χ1v) is 8.49. The minimum Gasteiger partial charge on any atom is -0.430 e. The molecule has 0 fully saturated rings. The van der Waals surface area contributed by atoms with Crippen molar-refractivity contribution < 1.29 is 13.9 Å². The van der Waals surface area contributed by atoms with Gasteiger partial charge in [0.2, 0.25) is 0 Å². The van der Waals surface area contributed by atoms with Gasteiger partial charge in [-0.3, -0.25) is 0 Å². The molecule has 1 aromatic carbocycles. The molecule has 0 radical (unpaired) electrons. The Morgan fingerprint density at radius 1 is 1.33 bits per heavy atom. The van der Waals surface area contributed by atoms with Crippen LogP contribution in [0.4, 0.5) is 0 Å². The molecule has 126 valence electrons. The highest BCUT2D eigenvalue weighted by atomic mass is 32.1. The van der Waals surface area contributed by atoms with Crippen LogP contribution in [0.5, 0.6) is 10.9 Å². The standard InChI is InChI=1S/C17H18N2O4S/c1-4-5-11-8-15(20)23-14-9-12(6-7-13(11)14)22-17-18-16(19-24-17)10(2)21-3/h6-10H,4-5H2,1-3H3. The van der Waals surface area contributed by atoms with Crippen LogP contribution >= 0.6 is 11.5 Å². The SMILES string of the molecule is CCCc1cc(=O)oc2cc(Oc3nc(C(C)OC)ns3)ccc12. The summed E-state index contributed by atoms with van der Waals surface area (Å²) in [5.74, 6) is 1.13. The molecular weight excluding hydrogens is 328 g/mol. The molecule has 0 amide bonds. The van der Waals surface area contributed by atoms with Gasteiger partial charge in [-0.2, -0.15) is 9.36 Å². The van der Waals surface area contributed by atoms with Crippen LogP contribution in [-0.2, 0) is 11.2 Å². The third kappa shape index (κ3) is 3.47. The molecule has 6 nitrogen and oxygen atoms in total. The number of hydrogen-bond donors (Lipinski definition) is 0. The third-order valence-electron chi connectivity index (χ3n) is 3.67. The van der Waals surface area contributed by atoms with Crippen molar-refractivity contribution in [2.75, 3.05) is 7.11 Å². The van der Waals surface area contributed by atoms with Gasteiger partial charge in [0.25, 0.3) is 5.19 Å². The Hall–Kier alpha value is -2.25. The summed E-state index contributed by atoms with van der Waals surface area (Å²) in [6.07, 6.45) is 1.60. The van der Waals surface area contributed by atoms with Crippen LogP contribution in [0.15, 0.2) is 33.5 Å². The van der Waals surface area contributed by atoms with Crippen molar-refractivity contribution in [3.8, 4) is 10.9 Å². The molecule has 0 spiro atoms. The normalized spacial score (nSPS) is 12.5. The number of rotatable bonds is 6. The number of benzene rings is 1. The maximum absolute atomic E-state index is 11.7. The Balaban J connectivity index is 1.90. The fourth-order valence-electron chi connectivity index (χ4n) is 2.38. The molecule has 0 aliphatic rings. The second kappa shape index (κ2) is 7.11.